The SMILES string of the molecule is CC(C)(C)C#CCNCC1(C)CCC1. The first kappa shape index (κ1) is 11.6. The van der Waals surface area contributed by atoms with Crippen LogP contribution in [0.2, 0.25) is 0 Å². The normalized spacial score (nSPS) is 19.4. The molecule has 1 rings (SSSR count). The van der Waals surface area contributed by atoms with E-state index in [4.69, 9.17) is 0 Å². The first-order valence-corrected chi connectivity index (χ1v) is 5.62. The molecule has 0 aromatic rings. The highest BCUT2D eigenvalue weighted by molar-refractivity contribution is 5.08. The summed E-state index contributed by atoms with van der Waals surface area (Å²) in [6, 6.07) is 0. The zero-order valence-corrected chi connectivity index (χ0v) is 10.0. The van der Waals surface area contributed by atoms with Gasteiger partial charge in [-0.15, -0.1) is 0 Å². The van der Waals surface area contributed by atoms with Gasteiger partial charge in [0.1, 0.15) is 0 Å². The molecule has 0 amide bonds. The second-order valence-corrected chi connectivity index (χ2v) is 5.82. The van der Waals surface area contributed by atoms with Gasteiger partial charge in [-0.3, -0.25) is 0 Å². The van der Waals surface area contributed by atoms with Gasteiger partial charge in [-0.2, -0.15) is 0 Å². The van der Waals surface area contributed by atoms with Crippen molar-refractivity contribution in [1.82, 2.24) is 5.32 Å². The van der Waals surface area contributed by atoms with E-state index in [1.54, 1.807) is 0 Å². The van der Waals surface area contributed by atoms with Gasteiger partial charge in [0.05, 0.1) is 6.54 Å². The van der Waals surface area contributed by atoms with Crippen molar-refractivity contribution in [2.75, 3.05) is 13.1 Å². The van der Waals surface area contributed by atoms with Crippen molar-refractivity contribution in [3.63, 3.8) is 0 Å². The van der Waals surface area contributed by atoms with E-state index >= 15 is 0 Å². The third-order valence-corrected chi connectivity index (χ3v) is 2.79. The van der Waals surface area contributed by atoms with Gasteiger partial charge in [-0.25, -0.2) is 0 Å². The predicted octanol–water partition coefficient (Wildman–Crippen LogP) is 2.82. The van der Waals surface area contributed by atoms with Crippen LogP contribution in [0.15, 0.2) is 0 Å². The minimum atomic E-state index is 0.141. The zero-order valence-electron chi connectivity index (χ0n) is 10.0. The Morgan fingerprint density at radius 1 is 1.29 bits per heavy atom. The Hall–Kier alpha value is -0.480. The number of nitrogens with one attached hydrogen (secondary N) is 1. The van der Waals surface area contributed by atoms with Crippen molar-refractivity contribution in [3.8, 4) is 11.8 Å². The van der Waals surface area contributed by atoms with E-state index in [9.17, 15) is 0 Å². The van der Waals surface area contributed by atoms with Crippen molar-refractivity contribution in [3.05, 3.63) is 0 Å². The van der Waals surface area contributed by atoms with Gasteiger partial charge in [-0.1, -0.05) is 25.2 Å². The van der Waals surface area contributed by atoms with Crippen LogP contribution in [0.1, 0.15) is 47.0 Å². The van der Waals surface area contributed by atoms with E-state index in [1.807, 2.05) is 0 Å². The molecule has 0 radical (unpaired) electrons. The van der Waals surface area contributed by atoms with E-state index in [-0.39, 0.29) is 5.41 Å². The maximum Gasteiger partial charge on any atom is 0.0576 e. The Bertz CT molecular complexity index is 232. The summed E-state index contributed by atoms with van der Waals surface area (Å²) in [5.41, 5.74) is 0.714. The molecule has 80 valence electrons. The fraction of sp³-hybridized carbons (Fsp3) is 0.846. The molecule has 0 aromatic carbocycles. The maximum absolute atomic E-state index is 3.43. The minimum absolute atomic E-state index is 0.141. The molecule has 1 aliphatic carbocycles. The number of rotatable bonds is 3. The lowest BCUT2D eigenvalue weighted by atomic mass is 9.70. The van der Waals surface area contributed by atoms with E-state index in [0.29, 0.717) is 5.41 Å². The van der Waals surface area contributed by atoms with Crippen molar-refractivity contribution in [2.45, 2.75) is 47.0 Å². The standard InChI is InChI=1S/C13H23N/c1-12(2,3)7-6-10-14-11-13(4)8-5-9-13/h14H,5,8-11H2,1-4H3. The topological polar surface area (TPSA) is 12.0 Å². The predicted molar refractivity (Wildman–Crippen MR) is 62.1 cm³/mol. The molecule has 1 aliphatic rings. The maximum atomic E-state index is 3.43. The second-order valence-electron chi connectivity index (χ2n) is 5.82. The van der Waals surface area contributed by atoms with Crippen molar-refractivity contribution >= 4 is 0 Å². The van der Waals surface area contributed by atoms with Gasteiger partial charge in [0.25, 0.3) is 0 Å². The Balaban J connectivity index is 2.12. The first-order chi connectivity index (χ1) is 6.41. The molecule has 0 aliphatic heterocycles. The molecule has 1 fully saturated rings. The summed E-state index contributed by atoms with van der Waals surface area (Å²) in [6.07, 6.45) is 4.17. The van der Waals surface area contributed by atoms with Gasteiger partial charge < -0.3 is 5.32 Å². The molecular formula is C13H23N. The Morgan fingerprint density at radius 3 is 2.36 bits per heavy atom. The van der Waals surface area contributed by atoms with Crippen molar-refractivity contribution < 1.29 is 0 Å². The monoisotopic (exact) mass is 193 g/mol. The molecule has 0 atom stereocenters. The molecule has 1 nitrogen and oxygen atoms in total. The molecule has 1 heteroatoms. The Kier molecular flexibility index (Phi) is 3.61. The van der Waals surface area contributed by atoms with Gasteiger partial charge in [0.15, 0.2) is 0 Å². The molecular weight excluding hydrogens is 170 g/mol. The van der Waals surface area contributed by atoms with Crippen LogP contribution < -0.4 is 5.32 Å². The molecule has 1 saturated carbocycles. The van der Waals surface area contributed by atoms with Gasteiger partial charge in [0, 0.05) is 12.0 Å². The largest absolute Gasteiger partial charge is 0.306 e. The highest BCUT2D eigenvalue weighted by Crippen LogP contribution is 2.39. The molecule has 14 heavy (non-hydrogen) atoms. The minimum Gasteiger partial charge on any atom is -0.306 e. The third-order valence-electron chi connectivity index (χ3n) is 2.79. The van der Waals surface area contributed by atoms with Gasteiger partial charge in [-0.05, 0) is 39.0 Å². The zero-order chi connectivity index (χ0) is 10.7. The van der Waals surface area contributed by atoms with E-state index in [1.165, 1.54) is 19.3 Å². The van der Waals surface area contributed by atoms with Crippen molar-refractivity contribution in [2.24, 2.45) is 10.8 Å². The van der Waals surface area contributed by atoms with E-state index < -0.39 is 0 Å². The Labute approximate surface area is 88.7 Å². The first-order valence-electron chi connectivity index (χ1n) is 5.62. The van der Waals surface area contributed by atoms with Crippen LogP contribution in [0, 0.1) is 22.7 Å². The fourth-order valence-electron chi connectivity index (χ4n) is 1.69. The summed E-state index contributed by atoms with van der Waals surface area (Å²) < 4.78 is 0. The van der Waals surface area contributed by atoms with Gasteiger partial charge in [0.2, 0.25) is 0 Å². The second kappa shape index (κ2) is 4.36. The lowest BCUT2D eigenvalue weighted by molar-refractivity contribution is 0.159. The van der Waals surface area contributed by atoms with Crippen LogP contribution in [0.5, 0.6) is 0 Å². The van der Waals surface area contributed by atoms with Crippen LogP contribution in [0.3, 0.4) is 0 Å². The molecule has 0 heterocycles. The fourth-order valence-corrected chi connectivity index (χ4v) is 1.69. The molecule has 0 saturated heterocycles. The van der Waals surface area contributed by atoms with Crippen LogP contribution in [0.4, 0.5) is 0 Å². The molecule has 0 aromatic heterocycles. The van der Waals surface area contributed by atoms with Gasteiger partial charge >= 0.3 is 0 Å². The summed E-state index contributed by atoms with van der Waals surface area (Å²) in [6.45, 7) is 10.8. The van der Waals surface area contributed by atoms with E-state index in [2.05, 4.69) is 44.9 Å². The number of hydrogen-bond donors (Lipinski definition) is 1. The highest BCUT2D eigenvalue weighted by Gasteiger charge is 2.30. The smallest absolute Gasteiger partial charge is 0.0576 e. The molecule has 0 bridgehead atoms. The van der Waals surface area contributed by atoms with Crippen LogP contribution in [-0.2, 0) is 0 Å². The number of hydrogen-bond acceptors (Lipinski definition) is 1. The summed E-state index contributed by atoms with van der Waals surface area (Å²) in [5, 5.41) is 3.43. The molecule has 1 N–H and O–H groups in total. The summed E-state index contributed by atoms with van der Waals surface area (Å²) in [5.74, 6) is 6.42. The quantitative estimate of drug-likeness (QED) is 0.537. The van der Waals surface area contributed by atoms with E-state index in [0.717, 1.165) is 13.1 Å². The average molecular weight is 193 g/mol. The lowest BCUT2D eigenvalue weighted by Crippen LogP contribution is -2.37. The van der Waals surface area contributed by atoms with Crippen LogP contribution >= 0.6 is 0 Å². The molecule has 0 unspecified atom stereocenters. The summed E-state index contributed by atoms with van der Waals surface area (Å²) >= 11 is 0. The third kappa shape index (κ3) is 4.15. The van der Waals surface area contributed by atoms with Crippen LogP contribution in [0.25, 0.3) is 0 Å². The van der Waals surface area contributed by atoms with Crippen LogP contribution in [-0.4, -0.2) is 13.1 Å². The lowest BCUT2D eigenvalue weighted by Gasteiger charge is -2.38. The highest BCUT2D eigenvalue weighted by atomic mass is 14.9. The summed E-state index contributed by atoms with van der Waals surface area (Å²) in [4.78, 5) is 0. The molecule has 0 spiro atoms. The van der Waals surface area contributed by atoms with Crippen molar-refractivity contribution in [1.29, 1.82) is 0 Å². The average Bonchev–Trinajstić information content (AvgIpc) is 1.98. The Morgan fingerprint density at radius 2 is 1.93 bits per heavy atom. The summed E-state index contributed by atoms with van der Waals surface area (Å²) in [7, 11) is 0.